The summed E-state index contributed by atoms with van der Waals surface area (Å²) in [7, 11) is 0. The van der Waals surface area contributed by atoms with Crippen molar-refractivity contribution in [2.45, 2.75) is 18.8 Å². The Bertz CT molecular complexity index is 369. The zero-order chi connectivity index (χ0) is 13.0. The van der Waals surface area contributed by atoms with Gasteiger partial charge in [-0.1, -0.05) is 30.3 Å². The van der Waals surface area contributed by atoms with Gasteiger partial charge in [0.2, 0.25) is 0 Å². The van der Waals surface area contributed by atoms with E-state index in [1.165, 1.54) is 0 Å². The Balaban J connectivity index is 2.00. The summed E-state index contributed by atoms with van der Waals surface area (Å²) in [6, 6.07) is 9.14. The lowest BCUT2D eigenvalue weighted by Gasteiger charge is -2.35. The van der Waals surface area contributed by atoms with Crippen LogP contribution in [-0.4, -0.2) is 37.1 Å². The summed E-state index contributed by atoms with van der Waals surface area (Å²) in [6.07, 6.45) is -4.09. The van der Waals surface area contributed by atoms with Gasteiger partial charge >= 0.3 is 6.36 Å². The third-order valence-corrected chi connectivity index (χ3v) is 2.83. The molecule has 0 aliphatic carbocycles. The normalized spacial score (nSPS) is 22.1. The minimum atomic E-state index is -4.62. The Kier molecular flexibility index (Phi) is 4.21. The molecule has 1 aliphatic heterocycles. The maximum absolute atomic E-state index is 12.3. The van der Waals surface area contributed by atoms with Crippen molar-refractivity contribution in [2.75, 3.05) is 19.6 Å². The second kappa shape index (κ2) is 5.69. The maximum atomic E-state index is 12.3. The third-order valence-electron chi connectivity index (χ3n) is 2.83. The van der Waals surface area contributed by atoms with E-state index in [4.69, 9.17) is 0 Å². The molecule has 0 spiro atoms. The van der Waals surface area contributed by atoms with Crippen molar-refractivity contribution in [1.82, 2.24) is 10.4 Å². The van der Waals surface area contributed by atoms with E-state index in [1.807, 2.05) is 30.3 Å². The van der Waals surface area contributed by atoms with E-state index in [9.17, 15) is 13.2 Å². The zero-order valence-electron chi connectivity index (χ0n) is 9.78. The van der Waals surface area contributed by atoms with E-state index >= 15 is 0 Å². The molecule has 0 radical (unpaired) electrons. The van der Waals surface area contributed by atoms with Crippen molar-refractivity contribution in [1.29, 1.82) is 0 Å². The second-order valence-corrected chi connectivity index (χ2v) is 4.23. The number of hydroxylamine groups is 2. The van der Waals surface area contributed by atoms with Crippen LogP contribution in [0.25, 0.3) is 0 Å². The lowest BCUT2D eigenvalue weighted by atomic mass is 10.0. The molecular formula is C12H15F3N2O. The van der Waals surface area contributed by atoms with E-state index in [0.717, 1.165) is 10.6 Å². The summed E-state index contributed by atoms with van der Waals surface area (Å²) in [4.78, 5) is 4.06. The first-order chi connectivity index (χ1) is 8.54. The fraction of sp³-hybridized carbons (Fsp3) is 0.500. The van der Waals surface area contributed by atoms with Crippen LogP contribution in [0.15, 0.2) is 30.3 Å². The molecule has 1 unspecified atom stereocenters. The lowest BCUT2D eigenvalue weighted by molar-refractivity contribution is -0.423. The summed E-state index contributed by atoms with van der Waals surface area (Å²) in [5.41, 5.74) is 1.00. The van der Waals surface area contributed by atoms with Gasteiger partial charge in [-0.05, 0) is 12.0 Å². The molecule has 0 saturated carbocycles. The zero-order valence-corrected chi connectivity index (χ0v) is 9.78. The Morgan fingerprint density at radius 2 is 2.00 bits per heavy atom. The van der Waals surface area contributed by atoms with Gasteiger partial charge in [0.05, 0.1) is 6.04 Å². The number of hydrogen-bond donors (Lipinski definition) is 1. The number of rotatable bonds is 3. The lowest BCUT2D eigenvalue weighted by Crippen LogP contribution is -2.53. The van der Waals surface area contributed by atoms with Crippen LogP contribution >= 0.6 is 0 Å². The summed E-state index contributed by atoms with van der Waals surface area (Å²) in [5.74, 6) is 0. The Hall–Kier alpha value is -1.11. The van der Waals surface area contributed by atoms with Crippen LogP contribution in [0, 0.1) is 0 Å². The summed E-state index contributed by atoms with van der Waals surface area (Å²) in [5, 5.41) is 4.11. The molecular weight excluding hydrogens is 245 g/mol. The first-order valence-corrected chi connectivity index (χ1v) is 5.82. The smallest absolute Gasteiger partial charge is 0.314 e. The molecule has 100 valence electrons. The molecule has 1 fully saturated rings. The van der Waals surface area contributed by atoms with Crippen molar-refractivity contribution in [3.8, 4) is 0 Å². The molecule has 18 heavy (non-hydrogen) atoms. The largest absolute Gasteiger partial charge is 0.539 e. The van der Waals surface area contributed by atoms with Gasteiger partial charge in [-0.3, -0.25) is 0 Å². The third kappa shape index (κ3) is 3.97. The van der Waals surface area contributed by atoms with Crippen molar-refractivity contribution in [2.24, 2.45) is 0 Å². The molecule has 2 rings (SSSR count). The monoisotopic (exact) mass is 260 g/mol. The highest BCUT2D eigenvalue weighted by molar-refractivity contribution is 5.16. The molecule has 0 aromatic heterocycles. The molecule has 1 aliphatic rings. The summed E-state index contributed by atoms with van der Waals surface area (Å²) >= 11 is 0. The molecule has 1 aromatic carbocycles. The molecule has 0 bridgehead atoms. The minimum absolute atomic E-state index is 0.233. The van der Waals surface area contributed by atoms with Crippen LogP contribution in [-0.2, 0) is 11.3 Å². The fourth-order valence-electron chi connectivity index (χ4n) is 2.06. The first kappa shape index (κ1) is 13.3. The molecule has 1 atom stereocenters. The molecule has 1 heterocycles. The first-order valence-electron chi connectivity index (χ1n) is 5.82. The van der Waals surface area contributed by atoms with Gasteiger partial charge in [-0.15, -0.1) is 13.2 Å². The van der Waals surface area contributed by atoms with Crippen LogP contribution < -0.4 is 5.32 Å². The van der Waals surface area contributed by atoms with Gasteiger partial charge in [0.25, 0.3) is 0 Å². The number of benzene rings is 1. The van der Waals surface area contributed by atoms with Crippen LogP contribution in [0.4, 0.5) is 13.2 Å². The van der Waals surface area contributed by atoms with Gasteiger partial charge < -0.3 is 5.32 Å². The highest BCUT2D eigenvalue weighted by Gasteiger charge is 2.37. The van der Waals surface area contributed by atoms with Crippen LogP contribution in [0.2, 0.25) is 0 Å². The average molecular weight is 260 g/mol. The van der Waals surface area contributed by atoms with E-state index in [-0.39, 0.29) is 12.6 Å². The summed E-state index contributed by atoms with van der Waals surface area (Å²) < 4.78 is 36.8. The average Bonchev–Trinajstić information content (AvgIpc) is 2.31. The fourth-order valence-corrected chi connectivity index (χ4v) is 2.06. The van der Waals surface area contributed by atoms with Gasteiger partial charge in [0, 0.05) is 19.6 Å². The molecule has 0 amide bonds. The van der Waals surface area contributed by atoms with Crippen LogP contribution in [0.3, 0.4) is 0 Å². The molecule has 1 N–H and O–H groups in total. The van der Waals surface area contributed by atoms with Crippen molar-refractivity contribution in [3.63, 3.8) is 0 Å². The van der Waals surface area contributed by atoms with Crippen LogP contribution in [0.5, 0.6) is 0 Å². The van der Waals surface area contributed by atoms with Crippen molar-refractivity contribution < 1.29 is 18.0 Å². The highest BCUT2D eigenvalue weighted by atomic mass is 19.4. The van der Waals surface area contributed by atoms with Crippen molar-refractivity contribution in [3.05, 3.63) is 35.9 Å². The van der Waals surface area contributed by atoms with Gasteiger partial charge in [-0.2, -0.15) is 9.90 Å². The number of piperazine rings is 1. The SMILES string of the molecule is FC(F)(F)ON1CCNCC1Cc1ccccc1. The molecule has 3 nitrogen and oxygen atoms in total. The van der Waals surface area contributed by atoms with E-state index in [2.05, 4.69) is 10.2 Å². The highest BCUT2D eigenvalue weighted by Crippen LogP contribution is 2.22. The maximum Gasteiger partial charge on any atom is 0.539 e. The number of halogens is 3. The Morgan fingerprint density at radius 3 is 2.67 bits per heavy atom. The predicted octanol–water partition coefficient (Wildman–Crippen LogP) is 1.95. The van der Waals surface area contributed by atoms with E-state index in [0.29, 0.717) is 19.5 Å². The molecule has 1 saturated heterocycles. The molecule has 1 aromatic rings. The number of nitrogens with zero attached hydrogens (tertiary/aromatic N) is 1. The van der Waals surface area contributed by atoms with Gasteiger partial charge in [-0.25, -0.2) is 0 Å². The summed E-state index contributed by atoms with van der Waals surface area (Å²) in [6.45, 7) is 1.23. The van der Waals surface area contributed by atoms with Crippen LogP contribution in [0.1, 0.15) is 5.56 Å². The van der Waals surface area contributed by atoms with E-state index in [1.54, 1.807) is 0 Å². The van der Waals surface area contributed by atoms with Gasteiger partial charge in [0.15, 0.2) is 0 Å². The van der Waals surface area contributed by atoms with E-state index < -0.39 is 6.36 Å². The molecule has 6 heteroatoms. The quantitative estimate of drug-likeness (QED) is 0.899. The van der Waals surface area contributed by atoms with Gasteiger partial charge in [0.1, 0.15) is 0 Å². The Morgan fingerprint density at radius 1 is 1.28 bits per heavy atom. The standard InChI is InChI=1S/C12H15F3N2O/c13-12(14,15)18-17-7-6-16-9-11(17)8-10-4-2-1-3-5-10/h1-5,11,16H,6-9H2. The number of nitrogens with one attached hydrogen (secondary N) is 1. The minimum Gasteiger partial charge on any atom is -0.314 e. The number of hydrogen-bond acceptors (Lipinski definition) is 3. The second-order valence-electron chi connectivity index (χ2n) is 4.23. The van der Waals surface area contributed by atoms with Crippen molar-refractivity contribution >= 4 is 0 Å². The number of alkyl halides is 3. The predicted molar refractivity (Wildman–Crippen MR) is 60.6 cm³/mol. The Labute approximate surface area is 103 Å². The topological polar surface area (TPSA) is 24.5 Å².